The van der Waals surface area contributed by atoms with Crippen molar-refractivity contribution in [1.82, 2.24) is 15.1 Å². The number of alkyl carbamates (subject to hydrolysis) is 1. The summed E-state index contributed by atoms with van der Waals surface area (Å²) in [6, 6.07) is 17.9. The van der Waals surface area contributed by atoms with E-state index >= 15 is 0 Å². The number of carbonyl (C=O) groups is 2. The van der Waals surface area contributed by atoms with E-state index in [0.29, 0.717) is 17.2 Å². The third-order valence-corrected chi connectivity index (χ3v) is 6.11. The summed E-state index contributed by atoms with van der Waals surface area (Å²) in [5, 5.41) is 28.3. The standard InChI is InChI=1S/C31H27F4N5O4/c1-30(2,3)44-29(43)37-17-19-7-5-9-22(13-19)40-25(15-26(39-40)31(33,34)35)28(42)38-24-14-21(10-11-23(24)32)27(41)20-8-4-6-18(12-20)16-36/h4-15,27,41H,17H2,1-3H3,(H,37,43)(H,38,42)/t27-/m0/s1. The van der Waals surface area contributed by atoms with Gasteiger partial charge in [-0.1, -0.05) is 30.3 Å². The van der Waals surface area contributed by atoms with Crippen molar-refractivity contribution in [3.63, 3.8) is 0 Å². The summed E-state index contributed by atoms with van der Waals surface area (Å²) < 4.78 is 61.7. The molecule has 0 radical (unpaired) electrons. The molecule has 1 heterocycles. The van der Waals surface area contributed by atoms with Crippen LogP contribution in [0.3, 0.4) is 0 Å². The molecule has 13 heteroatoms. The number of nitriles is 1. The molecule has 3 N–H and O–H groups in total. The van der Waals surface area contributed by atoms with Crippen LogP contribution in [-0.2, 0) is 17.5 Å². The number of hydrogen-bond acceptors (Lipinski definition) is 6. The van der Waals surface area contributed by atoms with Crippen LogP contribution in [0.15, 0.2) is 72.8 Å². The fourth-order valence-corrected chi connectivity index (χ4v) is 4.13. The van der Waals surface area contributed by atoms with E-state index in [1.807, 2.05) is 6.07 Å². The summed E-state index contributed by atoms with van der Waals surface area (Å²) in [6.45, 7) is 5.03. The van der Waals surface area contributed by atoms with Crippen LogP contribution in [0.5, 0.6) is 0 Å². The molecule has 228 valence electrons. The molecule has 1 atom stereocenters. The molecule has 9 nitrogen and oxygen atoms in total. The number of anilines is 1. The van der Waals surface area contributed by atoms with E-state index < -0.39 is 52.8 Å². The molecule has 0 spiro atoms. The molecule has 44 heavy (non-hydrogen) atoms. The van der Waals surface area contributed by atoms with Gasteiger partial charge >= 0.3 is 12.3 Å². The van der Waals surface area contributed by atoms with Crippen molar-refractivity contribution in [1.29, 1.82) is 5.26 Å². The molecule has 0 aliphatic carbocycles. The van der Waals surface area contributed by atoms with Crippen molar-refractivity contribution in [2.75, 3.05) is 5.32 Å². The highest BCUT2D eigenvalue weighted by Crippen LogP contribution is 2.31. The number of ether oxygens (including phenoxy) is 1. The zero-order chi connectivity index (χ0) is 32.2. The number of alkyl halides is 3. The van der Waals surface area contributed by atoms with E-state index in [2.05, 4.69) is 15.7 Å². The lowest BCUT2D eigenvalue weighted by Crippen LogP contribution is -2.32. The zero-order valence-electron chi connectivity index (χ0n) is 23.7. The van der Waals surface area contributed by atoms with E-state index in [-0.39, 0.29) is 23.4 Å². The number of aliphatic hydroxyl groups excluding tert-OH is 1. The lowest BCUT2D eigenvalue weighted by Gasteiger charge is -2.19. The first-order chi connectivity index (χ1) is 20.6. The fourth-order valence-electron chi connectivity index (χ4n) is 4.13. The lowest BCUT2D eigenvalue weighted by atomic mass is 9.99. The summed E-state index contributed by atoms with van der Waals surface area (Å²) >= 11 is 0. The maximum Gasteiger partial charge on any atom is 0.435 e. The van der Waals surface area contributed by atoms with Crippen molar-refractivity contribution < 1.29 is 37.0 Å². The zero-order valence-corrected chi connectivity index (χ0v) is 23.7. The number of aliphatic hydroxyl groups is 1. The Morgan fingerprint density at radius 3 is 2.41 bits per heavy atom. The van der Waals surface area contributed by atoms with Gasteiger partial charge in [-0.05, 0) is 73.9 Å². The largest absolute Gasteiger partial charge is 0.444 e. The maximum absolute atomic E-state index is 14.8. The van der Waals surface area contributed by atoms with Gasteiger partial charge in [-0.3, -0.25) is 4.79 Å². The molecule has 0 bridgehead atoms. The first-order valence-electron chi connectivity index (χ1n) is 13.2. The van der Waals surface area contributed by atoms with Gasteiger partial charge in [0.25, 0.3) is 5.91 Å². The van der Waals surface area contributed by atoms with Gasteiger partial charge in [0, 0.05) is 12.6 Å². The number of hydrogen-bond donors (Lipinski definition) is 3. The number of nitrogens with one attached hydrogen (secondary N) is 2. The predicted octanol–water partition coefficient (Wildman–Crippen LogP) is 6.26. The number of nitrogens with zero attached hydrogens (tertiary/aromatic N) is 3. The Morgan fingerprint density at radius 2 is 1.73 bits per heavy atom. The van der Waals surface area contributed by atoms with E-state index in [0.717, 1.165) is 16.8 Å². The van der Waals surface area contributed by atoms with Crippen LogP contribution in [-0.4, -0.2) is 32.5 Å². The molecule has 2 amide bonds. The summed E-state index contributed by atoms with van der Waals surface area (Å²) in [7, 11) is 0. The van der Waals surface area contributed by atoms with Crippen LogP contribution >= 0.6 is 0 Å². The van der Waals surface area contributed by atoms with Gasteiger partial charge in [0.2, 0.25) is 0 Å². The molecule has 0 unspecified atom stereocenters. The summed E-state index contributed by atoms with van der Waals surface area (Å²) in [4.78, 5) is 25.3. The molecule has 3 aromatic carbocycles. The first kappa shape index (κ1) is 31.7. The van der Waals surface area contributed by atoms with Gasteiger partial charge in [0.1, 0.15) is 23.2 Å². The van der Waals surface area contributed by atoms with Crippen molar-refractivity contribution >= 4 is 17.7 Å². The minimum absolute atomic E-state index is 0.0325. The van der Waals surface area contributed by atoms with Crippen molar-refractivity contribution in [3.05, 3.63) is 112 Å². The van der Waals surface area contributed by atoms with E-state index in [9.17, 15) is 32.3 Å². The Bertz CT molecular complexity index is 1740. The average molecular weight is 610 g/mol. The Morgan fingerprint density at radius 1 is 1.02 bits per heavy atom. The van der Waals surface area contributed by atoms with Gasteiger partial charge < -0.3 is 20.5 Å². The van der Waals surface area contributed by atoms with E-state index in [1.54, 1.807) is 39.0 Å². The van der Waals surface area contributed by atoms with E-state index in [4.69, 9.17) is 10.00 Å². The normalized spacial score (nSPS) is 12.2. The number of rotatable bonds is 7. The van der Waals surface area contributed by atoms with Crippen molar-refractivity contribution in [2.45, 2.75) is 45.2 Å². The molecule has 4 rings (SSSR count). The molecule has 0 saturated heterocycles. The van der Waals surface area contributed by atoms with Crippen LogP contribution in [0.1, 0.15) is 65.3 Å². The molecule has 0 aliphatic rings. The van der Waals surface area contributed by atoms with Gasteiger partial charge in [-0.25, -0.2) is 13.9 Å². The highest BCUT2D eigenvalue weighted by Gasteiger charge is 2.36. The van der Waals surface area contributed by atoms with Crippen molar-refractivity contribution in [3.8, 4) is 11.8 Å². The molecule has 0 aliphatic heterocycles. The highest BCUT2D eigenvalue weighted by molar-refractivity contribution is 6.03. The van der Waals surface area contributed by atoms with Crippen LogP contribution in [0.25, 0.3) is 5.69 Å². The number of carbonyl (C=O) groups excluding carboxylic acids is 2. The molecule has 0 saturated carbocycles. The van der Waals surface area contributed by atoms with Gasteiger partial charge in [-0.2, -0.15) is 23.5 Å². The average Bonchev–Trinajstić information content (AvgIpc) is 3.43. The minimum atomic E-state index is -4.90. The Labute approximate surface area is 249 Å². The predicted molar refractivity (Wildman–Crippen MR) is 151 cm³/mol. The Balaban J connectivity index is 1.63. The third kappa shape index (κ3) is 7.78. The quantitative estimate of drug-likeness (QED) is 0.212. The molecule has 4 aromatic rings. The van der Waals surface area contributed by atoms with Gasteiger partial charge in [-0.15, -0.1) is 0 Å². The molecular formula is C31H27F4N5O4. The van der Waals surface area contributed by atoms with Gasteiger partial charge in [0.05, 0.1) is 23.0 Å². The van der Waals surface area contributed by atoms with E-state index in [1.165, 1.54) is 36.4 Å². The van der Waals surface area contributed by atoms with Gasteiger partial charge in [0.15, 0.2) is 5.69 Å². The molecular weight excluding hydrogens is 582 g/mol. The maximum atomic E-state index is 14.8. The van der Waals surface area contributed by atoms with Crippen LogP contribution in [0.4, 0.5) is 28.0 Å². The second-order valence-electron chi connectivity index (χ2n) is 10.7. The topological polar surface area (TPSA) is 129 Å². The van der Waals surface area contributed by atoms with Crippen LogP contribution in [0.2, 0.25) is 0 Å². The number of aromatic nitrogens is 2. The minimum Gasteiger partial charge on any atom is -0.444 e. The number of halogens is 4. The second-order valence-corrected chi connectivity index (χ2v) is 10.7. The Hall–Kier alpha value is -5.22. The molecule has 0 fully saturated rings. The molecule has 1 aromatic heterocycles. The summed E-state index contributed by atoms with van der Waals surface area (Å²) in [6.07, 6.45) is -6.89. The van der Waals surface area contributed by atoms with Crippen molar-refractivity contribution in [2.24, 2.45) is 0 Å². The number of amides is 2. The second kappa shape index (κ2) is 12.6. The fraction of sp³-hybridized carbons (Fsp3) is 0.226. The lowest BCUT2D eigenvalue weighted by molar-refractivity contribution is -0.141. The third-order valence-electron chi connectivity index (χ3n) is 6.11. The smallest absolute Gasteiger partial charge is 0.435 e. The number of benzene rings is 3. The Kier molecular flexibility index (Phi) is 9.05. The highest BCUT2D eigenvalue weighted by atomic mass is 19.4. The SMILES string of the molecule is CC(C)(C)OC(=O)NCc1cccc(-n2nc(C(F)(F)F)cc2C(=O)Nc2cc([C@@H](O)c3cccc(C#N)c3)ccc2F)c1. The van der Waals surface area contributed by atoms with Crippen LogP contribution < -0.4 is 10.6 Å². The summed E-state index contributed by atoms with van der Waals surface area (Å²) in [5.74, 6) is -2.01. The first-order valence-corrected chi connectivity index (χ1v) is 13.2. The monoisotopic (exact) mass is 609 g/mol. The summed E-state index contributed by atoms with van der Waals surface area (Å²) in [5.41, 5.74) is -1.74. The van der Waals surface area contributed by atoms with Crippen LogP contribution in [0, 0.1) is 17.1 Å².